The summed E-state index contributed by atoms with van der Waals surface area (Å²) in [5.74, 6) is 1.24. The van der Waals surface area contributed by atoms with Gasteiger partial charge in [-0.1, -0.05) is 0 Å². The second-order valence-corrected chi connectivity index (χ2v) is 4.69. The summed E-state index contributed by atoms with van der Waals surface area (Å²) >= 11 is 0. The maximum Gasteiger partial charge on any atom is 0.185 e. The first kappa shape index (κ1) is 13.4. The highest BCUT2D eigenvalue weighted by Gasteiger charge is 2.13. The molecular weight excluding hydrogens is 268 g/mol. The number of hydrogen-bond acceptors (Lipinski definition) is 4. The van der Waals surface area contributed by atoms with Crippen molar-refractivity contribution in [1.82, 2.24) is 9.78 Å². The topological polar surface area (TPSA) is 53.4 Å². The van der Waals surface area contributed by atoms with Gasteiger partial charge in [-0.25, -0.2) is 0 Å². The molecular formula is C16H16N2O3. The summed E-state index contributed by atoms with van der Waals surface area (Å²) in [4.78, 5) is 12.2. The second kappa shape index (κ2) is 5.83. The molecule has 0 spiro atoms. The van der Waals surface area contributed by atoms with Crippen LogP contribution in [0.4, 0.5) is 0 Å². The minimum Gasteiger partial charge on any atom is -0.486 e. The number of nitrogens with zero attached hydrogens (tertiary/aromatic N) is 2. The number of ether oxygens (including phenoxy) is 2. The van der Waals surface area contributed by atoms with E-state index in [0.29, 0.717) is 30.3 Å². The molecule has 0 aliphatic carbocycles. The minimum absolute atomic E-state index is 0.0729. The van der Waals surface area contributed by atoms with Gasteiger partial charge in [0.05, 0.1) is 6.20 Å². The van der Waals surface area contributed by atoms with Crippen LogP contribution in [0.15, 0.2) is 36.7 Å². The zero-order valence-electron chi connectivity index (χ0n) is 11.8. The Morgan fingerprint density at radius 3 is 2.90 bits per heavy atom. The third kappa shape index (κ3) is 2.97. The SMILES string of the molecule is CCn1cc(C=CC(=O)c2ccc3c(c2)OCCO3)cn1. The Morgan fingerprint density at radius 2 is 2.14 bits per heavy atom. The van der Waals surface area contributed by atoms with Crippen molar-refractivity contribution in [3.8, 4) is 11.5 Å². The van der Waals surface area contributed by atoms with Gasteiger partial charge >= 0.3 is 0 Å². The summed E-state index contributed by atoms with van der Waals surface area (Å²) in [6.45, 7) is 3.88. The van der Waals surface area contributed by atoms with Crippen molar-refractivity contribution >= 4 is 11.9 Å². The first-order valence-corrected chi connectivity index (χ1v) is 6.91. The molecule has 0 saturated heterocycles. The summed E-state index contributed by atoms with van der Waals surface area (Å²) in [5, 5.41) is 4.16. The van der Waals surface area contributed by atoms with Crippen molar-refractivity contribution in [2.75, 3.05) is 13.2 Å². The highest BCUT2D eigenvalue weighted by atomic mass is 16.6. The van der Waals surface area contributed by atoms with Crippen molar-refractivity contribution < 1.29 is 14.3 Å². The van der Waals surface area contributed by atoms with Gasteiger partial charge in [-0.15, -0.1) is 0 Å². The number of aromatic nitrogens is 2. The van der Waals surface area contributed by atoms with E-state index in [1.807, 2.05) is 17.8 Å². The van der Waals surface area contributed by atoms with Crippen LogP contribution in [-0.2, 0) is 6.54 Å². The summed E-state index contributed by atoms with van der Waals surface area (Å²) in [6, 6.07) is 5.23. The van der Waals surface area contributed by atoms with Crippen LogP contribution < -0.4 is 9.47 Å². The van der Waals surface area contributed by atoms with Crippen LogP contribution in [0, 0.1) is 0 Å². The largest absolute Gasteiger partial charge is 0.486 e. The van der Waals surface area contributed by atoms with Crippen molar-refractivity contribution in [2.45, 2.75) is 13.5 Å². The lowest BCUT2D eigenvalue weighted by Crippen LogP contribution is -2.15. The van der Waals surface area contributed by atoms with Crippen LogP contribution in [0.2, 0.25) is 0 Å². The quantitative estimate of drug-likeness (QED) is 0.639. The Bertz CT molecular complexity index is 689. The number of fused-ring (bicyclic) bond motifs is 1. The van der Waals surface area contributed by atoms with Gasteiger partial charge in [0.15, 0.2) is 17.3 Å². The first-order chi connectivity index (χ1) is 10.3. The maximum absolute atomic E-state index is 12.2. The second-order valence-electron chi connectivity index (χ2n) is 4.69. The van der Waals surface area contributed by atoms with E-state index in [1.165, 1.54) is 0 Å². The van der Waals surface area contributed by atoms with Crippen LogP contribution in [0.25, 0.3) is 6.08 Å². The molecule has 0 amide bonds. The molecule has 2 aromatic rings. The molecule has 0 radical (unpaired) electrons. The Balaban J connectivity index is 1.75. The van der Waals surface area contributed by atoms with Crippen LogP contribution in [-0.4, -0.2) is 28.8 Å². The highest BCUT2D eigenvalue weighted by molar-refractivity contribution is 6.07. The summed E-state index contributed by atoms with van der Waals surface area (Å²) < 4.78 is 12.7. The molecule has 0 fully saturated rings. The standard InChI is InChI=1S/C16H16N2O3/c1-2-18-11-12(10-17-18)3-5-14(19)13-4-6-15-16(9-13)21-8-7-20-15/h3-6,9-11H,2,7-8H2,1H3. The lowest BCUT2D eigenvalue weighted by molar-refractivity contribution is 0.104. The lowest BCUT2D eigenvalue weighted by atomic mass is 10.1. The Morgan fingerprint density at radius 1 is 1.33 bits per heavy atom. The third-order valence-corrected chi connectivity index (χ3v) is 3.23. The predicted octanol–water partition coefficient (Wildman–Crippen LogP) is 2.57. The average Bonchev–Trinajstić information content (AvgIpc) is 3.00. The molecule has 1 aromatic heterocycles. The summed E-state index contributed by atoms with van der Waals surface area (Å²) in [5.41, 5.74) is 1.49. The molecule has 5 heteroatoms. The van der Waals surface area contributed by atoms with Gasteiger partial charge in [0.1, 0.15) is 13.2 Å². The fourth-order valence-electron chi connectivity index (χ4n) is 2.10. The Hall–Kier alpha value is -2.56. The van der Waals surface area contributed by atoms with Crippen LogP contribution in [0.1, 0.15) is 22.8 Å². The Kier molecular flexibility index (Phi) is 3.73. The van der Waals surface area contributed by atoms with Crippen LogP contribution >= 0.6 is 0 Å². The number of carbonyl (C=O) groups is 1. The molecule has 0 bridgehead atoms. The van der Waals surface area contributed by atoms with Gasteiger partial charge < -0.3 is 9.47 Å². The summed E-state index contributed by atoms with van der Waals surface area (Å²) in [6.07, 6.45) is 6.94. The van der Waals surface area contributed by atoms with E-state index in [9.17, 15) is 4.79 Å². The zero-order valence-corrected chi connectivity index (χ0v) is 11.8. The van der Waals surface area contributed by atoms with E-state index in [4.69, 9.17) is 9.47 Å². The van der Waals surface area contributed by atoms with Crippen molar-refractivity contribution in [1.29, 1.82) is 0 Å². The van der Waals surface area contributed by atoms with Gasteiger partial charge in [0.25, 0.3) is 0 Å². The number of rotatable bonds is 4. The molecule has 3 rings (SSSR count). The molecule has 108 valence electrons. The molecule has 1 aromatic carbocycles. The smallest absolute Gasteiger partial charge is 0.185 e. The minimum atomic E-state index is -0.0729. The van der Waals surface area contributed by atoms with Crippen LogP contribution in [0.5, 0.6) is 11.5 Å². The monoisotopic (exact) mass is 284 g/mol. The maximum atomic E-state index is 12.2. The molecule has 1 aliphatic rings. The van der Waals surface area contributed by atoms with E-state index in [-0.39, 0.29) is 5.78 Å². The molecule has 21 heavy (non-hydrogen) atoms. The normalized spacial score (nSPS) is 13.6. The molecule has 0 unspecified atom stereocenters. The van der Waals surface area contributed by atoms with E-state index < -0.39 is 0 Å². The number of hydrogen-bond donors (Lipinski definition) is 0. The molecule has 2 heterocycles. The summed E-state index contributed by atoms with van der Waals surface area (Å²) in [7, 11) is 0. The van der Waals surface area contributed by atoms with Gasteiger partial charge in [0.2, 0.25) is 0 Å². The van der Waals surface area contributed by atoms with E-state index in [2.05, 4.69) is 5.10 Å². The number of allylic oxidation sites excluding steroid dienone is 1. The van der Waals surface area contributed by atoms with Crippen LogP contribution in [0.3, 0.4) is 0 Å². The molecule has 0 N–H and O–H groups in total. The van der Waals surface area contributed by atoms with Crippen molar-refractivity contribution in [3.05, 3.63) is 47.8 Å². The zero-order chi connectivity index (χ0) is 14.7. The Labute approximate surface area is 122 Å². The van der Waals surface area contributed by atoms with E-state index in [0.717, 1.165) is 12.1 Å². The third-order valence-electron chi connectivity index (χ3n) is 3.23. The first-order valence-electron chi connectivity index (χ1n) is 6.91. The molecule has 0 saturated carbocycles. The number of ketones is 1. The fraction of sp³-hybridized carbons (Fsp3) is 0.250. The van der Waals surface area contributed by atoms with Gasteiger partial charge in [-0.3, -0.25) is 9.48 Å². The lowest BCUT2D eigenvalue weighted by Gasteiger charge is -2.18. The predicted molar refractivity (Wildman–Crippen MR) is 78.7 cm³/mol. The van der Waals surface area contributed by atoms with Crippen molar-refractivity contribution in [3.63, 3.8) is 0 Å². The van der Waals surface area contributed by atoms with Gasteiger partial charge in [-0.05, 0) is 37.3 Å². The molecule has 0 atom stereocenters. The number of benzene rings is 1. The van der Waals surface area contributed by atoms with E-state index in [1.54, 1.807) is 36.5 Å². The number of aryl methyl sites for hydroxylation is 1. The molecule has 1 aliphatic heterocycles. The average molecular weight is 284 g/mol. The number of carbonyl (C=O) groups excluding carboxylic acids is 1. The van der Waals surface area contributed by atoms with E-state index >= 15 is 0 Å². The highest BCUT2D eigenvalue weighted by Crippen LogP contribution is 2.30. The molecule has 5 nitrogen and oxygen atoms in total. The van der Waals surface area contributed by atoms with Gasteiger partial charge in [-0.2, -0.15) is 5.10 Å². The fourth-order valence-corrected chi connectivity index (χ4v) is 2.10. The van der Waals surface area contributed by atoms with Crippen molar-refractivity contribution in [2.24, 2.45) is 0 Å². The van der Waals surface area contributed by atoms with Gasteiger partial charge in [0, 0.05) is 23.9 Å².